The van der Waals surface area contributed by atoms with Gasteiger partial charge in [-0.2, -0.15) is 5.10 Å². The fraction of sp³-hybridized carbons (Fsp3) is 0.667. The molecule has 0 aliphatic carbocycles. The summed E-state index contributed by atoms with van der Waals surface area (Å²) in [5.74, 6) is -0.648. The van der Waals surface area contributed by atoms with Gasteiger partial charge in [0.05, 0.1) is 24.4 Å². The van der Waals surface area contributed by atoms with Crippen molar-refractivity contribution >= 4 is 11.7 Å². The van der Waals surface area contributed by atoms with Crippen LogP contribution in [0.5, 0.6) is 0 Å². The van der Waals surface area contributed by atoms with Gasteiger partial charge in [0.25, 0.3) is 0 Å². The molecule has 1 aromatic heterocycles. The van der Waals surface area contributed by atoms with E-state index in [-0.39, 0.29) is 18.4 Å². The van der Waals surface area contributed by atoms with Gasteiger partial charge in [-0.15, -0.1) is 0 Å². The Hall–Kier alpha value is -1.56. The molecule has 100 valence electrons. The summed E-state index contributed by atoms with van der Waals surface area (Å²) >= 11 is 0. The maximum absolute atomic E-state index is 12.0. The number of hydrogen-bond donors (Lipinski definition) is 1. The van der Waals surface area contributed by atoms with Crippen LogP contribution in [-0.4, -0.2) is 33.1 Å². The topological polar surface area (TPSA) is 67.6 Å². The van der Waals surface area contributed by atoms with E-state index in [4.69, 9.17) is 4.74 Å². The quantitative estimate of drug-likeness (QED) is 0.760. The Morgan fingerprint density at radius 2 is 2.22 bits per heavy atom. The fourth-order valence-corrected chi connectivity index (χ4v) is 2.05. The average Bonchev–Trinajstić information content (AvgIpc) is 2.58. The van der Waals surface area contributed by atoms with Gasteiger partial charge in [-0.25, -0.2) is 0 Å². The zero-order valence-electron chi connectivity index (χ0n) is 11.2. The SMILES string of the molecule is Cn1ncc2c1CC(C(=O)OC(C)(C)C)CN2O. The Kier molecular flexibility index (Phi) is 3.06. The first-order chi connectivity index (χ1) is 8.28. The molecule has 1 N–H and O–H groups in total. The molecule has 1 unspecified atom stereocenters. The molecule has 6 heteroatoms. The van der Waals surface area contributed by atoms with Gasteiger partial charge >= 0.3 is 5.97 Å². The van der Waals surface area contributed by atoms with Gasteiger partial charge < -0.3 is 4.74 Å². The van der Waals surface area contributed by atoms with Crippen LogP contribution in [0.4, 0.5) is 5.69 Å². The van der Waals surface area contributed by atoms with Crippen LogP contribution in [0.3, 0.4) is 0 Å². The van der Waals surface area contributed by atoms with Crippen LogP contribution in [0.1, 0.15) is 26.5 Å². The third-order valence-electron chi connectivity index (χ3n) is 2.89. The maximum atomic E-state index is 12.0. The molecule has 1 aliphatic rings. The Morgan fingerprint density at radius 3 is 2.83 bits per heavy atom. The number of anilines is 1. The molecule has 0 saturated carbocycles. The van der Waals surface area contributed by atoms with Gasteiger partial charge in [-0.1, -0.05) is 0 Å². The first kappa shape index (κ1) is 12.9. The molecule has 0 spiro atoms. The van der Waals surface area contributed by atoms with E-state index in [1.54, 1.807) is 17.9 Å². The molecule has 2 rings (SSSR count). The van der Waals surface area contributed by atoms with Crippen molar-refractivity contribution < 1.29 is 14.7 Å². The number of nitrogens with zero attached hydrogens (tertiary/aromatic N) is 3. The number of fused-ring (bicyclic) bond motifs is 1. The van der Waals surface area contributed by atoms with E-state index in [9.17, 15) is 10.0 Å². The lowest BCUT2D eigenvalue weighted by atomic mass is 9.98. The number of hydrogen-bond acceptors (Lipinski definition) is 5. The van der Waals surface area contributed by atoms with Crippen LogP contribution < -0.4 is 5.06 Å². The minimum atomic E-state index is -0.510. The Morgan fingerprint density at radius 1 is 1.56 bits per heavy atom. The van der Waals surface area contributed by atoms with E-state index in [0.29, 0.717) is 12.1 Å². The van der Waals surface area contributed by atoms with E-state index in [1.807, 2.05) is 20.8 Å². The molecule has 0 amide bonds. The van der Waals surface area contributed by atoms with Crippen LogP contribution in [0.25, 0.3) is 0 Å². The van der Waals surface area contributed by atoms with Crippen molar-refractivity contribution in [1.82, 2.24) is 9.78 Å². The molecule has 6 nitrogen and oxygen atoms in total. The highest BCUT2D eigenvalue weighted by Gasteiger charge is 2.33. The van der Waals surface area contributed by atoms with E-state index in [2.05, 4.69) is 5.10 Å². The lowest BCUT2D eigenvalue weighted by molar-refractivity contribution is -0.160. The number of rotatable bonds is 1. The zero-order chi connectivity index (χ0) is 13.5. The van der Waals surface area contributed by atoms with E-state index in [1.165, 1.54) is 0 Å². The molecular formula is C12H19N3O3. The molecule has 0 bridgehead atoms. The normalized spacial score (nSPS) is 19.6. The van der Waals surface area contributed by atoms with Crippen molar-refractivity contribution in [3.8, 4) is 0 Å². The first-order valence-electron chi connectivity index (χ1n) is 5.98. The summed E-state index contributed by atoms with van der Waals surface area (Å²) in [6, 6.07) is 0. The second-order valence-corrected chi connectivity index (χ2v) is 5.62. The van der Waals surface area contributed by atoms with Crippen molar-refractivity contribution in [3.05, 3.63) is 11.9 Å². The number of esters is 1. The molecular weight excluding hydrogens is 234 g/mol. The number of carbonyl (C=O) groups is 1. The van der Waals surface area contributed by atoms with Gasteiger partial charge in [0, 0.05) is 13.5 Å². The van der Waals surface area contributed by atoms with Crippen LogP contribution in [0.2, 0.25) is 0 Å². The van der Waals surface area contributed by atoms with Gasteiger partial charge in [0.15, 0.2) is 0 Å². The maximum Gasteiger partial charge on any atom is 0.311 e. The number of hydroxylamine groups is 1. The molecule has 0 saturated heterocycles. The molecule has 0 radical (unpaired) electrons. The smallest absolute Gasteiger partial charge is 0.311 e. The summed E-state index contributed by atoms with van der Waals surface area (Å²) in [4.78, 5) is 12.0. The second-order valence-electron chi connectivity index (χ2n) is 5.62. The van der Waals surface area contributed by atoms with Gasteiger partial charge in [-0.05, 0) is 20.8 Å². The minimum Gasteiger partial charge on any atom is -0.460 e. The number of ether oxygens (including phenoxy) is 1. The van der Waals surface area contributed by atoms with Crippen molar-refractivity contribution in [3.63, 3.8) is 0 Å². The largest absolute Gasteiger partial charge is 0.460 e. The standard InChI is InChI=1S/C12H19N3O3/c1-12(2,3)18-11(16)8-5-9-10(15(17)7-8)6-13-14(9)4/h6,8,17H,5,7H2,1-4H3. The lowest BCUT2D eigenvalue weighted by Crippen LogP contribution is -2.40. The Labute approximate surface area is 106 Å². The van der Waals surface area contributed by atoms with E-state index in [0.717, 1.165) is 10.8 Å². The van der Waals surface area contributed by atoms with Crippen LogP contribution in [-0.2, 0) is 23.0 Å². The Bertz CT molecular complexity index is 462. The number of aromatic nitrogens is 2. The lowest BCUT2D eigenvalue weighted by Gasteiger charge is -2.30. The summed E-state index contributed by atoms with van der Waals surface area (Å²) in [5, 5.41) is 15.0. The molecule has 0 fully saturated rings. The summed E-state index contributed by atoms with van der Waals surface area (Å²) < 4.78 is 7.03. The predicted octanol–water partition coefficient (Wildman–Crippen LogP) is 1.13. The molecule has 1 aromatic rings. The van der Waals surface area contributed by atoms with Crippen LogP contribution in [0.15, 0.2) is 6.20 Å². The second kappa shape index (κ2) is 4.28. The van der Waals surface area contributed by atoms with Gasteiger partial charge in [-0.3, -0.25) is 19.7 Å². The highest BCUT2D eigenvalue weighted by Crippen LogP contribution is 2.29. The molecule has 1 atom stereocenters. The summed E-state index contributed by atoms with van der Waals surface area (Å²) in [5.41, 5.74) is 1.00. The van der Waals surface area contributed by atoms with Crippen molar-refractivity contribution in [2.24, 2.45) is 13.0 Å². The van der Waals surface area contributed by atoms with Gasteiger partial charge in [0.2, 0.25) is 0 Å². The average molecular weight is 253 g/mol. The third kappa shape index (κ3) is 2.48. The summed E-state index contributed by atoms with van der Waals surface area (Å²) in [6.45, 7) is 5.74. The third-order valence-corrected chi connectivity index (χ3v) is 2.89. The van der Waals surface area contributed by atoms with Crippen LogP contribution >= 0.6 is 0 Å². The summed E-state index contributed by atoms with van der Waals surface area (Å²) in [6.07, 6.45) is 2.14. The number of carbonyl (C=O) groups excluding carboxylic acids is 1. The minimum absolute atomic E-state index is 0.244. The molecule has 1 aliphatic heterocycles. The van der Waals surface area contributed by atoms with Crippen LogP contribution in [0, 0.1) is 5.92 Å². The van der Waals surface area contributed by atoms with E-state index < -0.39 is 5.60 Å². The predicted molar refractivity (Wildman–Crippen MR) is 65.4 cm³/mol. The highest BCUT2D eigenvalue weighted by atomic mass is 16.6. The Balaban J connectivity index is 2.15. The van der Waals surface area contributed by atoms with Crippen molar-refractivity contribution in [2.45, 2.75) is 32.8 Å². The monoisotopic (exact) mass is 253 g/mol. The molecule has 18 heavy (non-hydrogen) atoms. The fourth-order valence-electron chi connectivity index (χ4n) is 2.05. The molecule has 2 heterocycles. The van der Waals surface area contributed by atoms with Crippen molar-refractivity contribution in [1.29, 1.82) is 0 Å². The van der Waals surface area contributed by atoms with E-state index >= 15 is 0 Å². The highest BCUT2D eigenvalue weighted by molar-refractivity contribution is 5.75. The number of aryl methyl sites for hydroxylation is 1. The zero-order valence-corrected chi connectivity index (χ0v) is 11.2. The van der Waals surface area contributed by atoms with Gasteiger partial charge in [0.1, 0.15) is 11.3 Å². The molecule has 0 aromatic carbocycles. The first-order valence-corrected chi connectivity index (χ1v) is 5.98. The summed E-state index contributed by atoms with van der Waals surface area (Å²) in [7, 11) is 1.80. The van der Waals surface area contributed by atoms with Crippen molar-refractivity contribution in [2.75, 3.05) is 11.6 Å².